The lowest BCUT2D eigenvalue weighted by Gasteiger charge is -2.06. The molecule has 2 heterocycles. The third-order valence-electron chi connectivity index (χ3n) is 3.11. The van der Waals surface area contributed by atoms with Crippen molar-refractivity contribution in [2.24, 2.45) is 0 Å². The number of aldehydes is 1. The maximum absolute atomic E-state index is 11.4. The first-order valence-corrected chi connectivity index (χ1v) is 7.53. The zero-order valence-corrected chi connectivity index (χ0v) is 12.3. The fourth-order valence-electron chi connectivity index (χ4n) is 2.07. The average molecular weight is 298 g/mol. The molecule has 0 amide bonds. The van der Waals surface area contributed by atoms with Gasteiger partial charge in [0, 0.05) is 0 Å². The van der Waals surface area contributed by atoms with Gasteiger partial charge >= 0.3 is 0 Å². The Hall–Kier alpha value is -2.27. The highest BCUT2D eigenvalue weighted by atomic mass is 32.2. The molecule has 3 aromatic rings. The number of carbonyl (C=O) groups is 1. The van der Waals surface area contributed by atoms with Crippen molar-refractivity contribution < 1.29 is 9.21 Å². The molecule has 0 bridgehead atoms. The summed E-state index contributed by atoms with van der Waals surface area (Å²) in [6, 6.07) is 13.6. The molecule has 4 nitrogen and oxygen atoms in total. The number of nitrogens with zero attached hydrogens (tertiary/aromatic N) is 2. The van der Waals surface area contributed by atoms with E-state index in [-0.39, 0.29) is 0 Å². The highest BCUT2D eigenvalue weighted by molar-refractivity contribution is 7.98. The highest BCUT2D eigenvalue weighted by Crippen LogP contribution is 2.29. The summed E-state index contributed by atoms with van der Waals surface area (Å²) in [4.78, 5) is 11.4. The summed E-state index contributed by atoms with van der Waals surface area (Å²) in [7, 11) is 0. The van der Waals surface area contributed by atoms with Crippen molar-refractivity contribution in [1.29, 1.82) is 0 Å². The largest absolute Gasteiger partial charge is 0.468 e. The molecule has 3 rings (SSSR count). The number of para-hydroxylation sites is 1. The maximum atomic E-state index is 11.4. The van der Waals surface area contributed by atoms with E-state index >= 15 is 0 Å². The van der Waals surface area contributed by atoms with Crippen molar-refractivity contribution in [2.45, 2.75) is 17.7 Å². The quantitative estimate of drug-likeness (QED) is 0.530. The van der Waals surface area contributed by atoms with Gasteiger partial charge in [-0.15, -0.1) is 0 Å². The van der Waals surface area contributed by atoms with Crippen LogP contribution in [0, 0.1) is 6.92 Å². The summed E-state index contributed by atoms with van der Waals surface area (Å²) in [6.45, 7) is 1.85. The zero-order chi connectivity index (χ0) is 14.7. The van der Waals surface area contributed by atoms with Gasteiger partial charge in [0.05, 0.1) is 29.0 Å². The molecule has 0 unspecified atom stereocenters. The minimum Gasteiger partial charge on any atom is -0.468 e. The number of benzene rings is 1. The number of hydrogen-bond acceptors (Lipinski definition) is 4. The van der Waals surface area contributed by atoms with Crippen molar-refractivity contribution >= 4 is 18.0 Å². The number of aryl methyl sites for hydroxylation is 1. The van der Waals surface area contributed by atoms with Crippen LogP contribution in [0.2, 0.25) is 0 Å². The Kier molecular flexibility index (Phi) is 3.92. The highest BCUT2D eigenvalue weighted by Gasteiger charge is 2.16. The smallest absolute Gasteiger partial charge is 0.154 e. The summed E-state index contributed by atoms with van der Waals surface area (Å²) in [6.07, 6.45) is 2.52. The van der Waals surface area contributed by atoms with Crippen molar-refractivity contribution in [2.75, 3.05) is 0 Å². The predicted octanol–water partition coefficient (Wildman–Crippen LogP) is 3.88. The normalized spacial score (nSPS) is 10.7. The van der Waals surface area contributed by atoms with E-state index in [1.807, 2.05) is 54.1 Å². The fraction of sp³-hybridized carbons (Fsp3) is 0.125. The SMILES string of the molecule is Cc1nn(-c2ccccc2)c(SCc2ccco2)c1C=O. The van der Waals surface area contributed by atoms with E-state index in [1.165, 1.54) is 0 Å². The molecule has 0 radical (unpaired) electrons. The van der Waals surface area contributed by atoms with E-state index in [9.17, 15) is 4.79 Å². The Morgan fingerprint density at radius 2 is 2.05 bits per heavy atom. The molecule has 2 aromatic heterocycles. The van der Waals surface area contributed by atoms with Crippen LogP contribution >= 0.6 is 11.8 Å². The van der Waals surface area contributed by atoms with Crippen molar-refractivity contribution in [3.8, 4) is 5.69 Å². The first kappa shape index (κ1) is 13.7. The second-order valence-corrected chi connectivity index (χ2v) is 5.50. The average Bonchev–Trinajstić information content (AvgIpc) is 3.13. The van der Waals surface area contributed by atoms with Crippen LogP contribution < -0.4 is 0 Å². The van der Waals surface area contributed by atoms with Crippen LogP contribution in [0.5, 0.6) is 0 Å². The molecule has 0 atom stereocenters. The van der Waals surface area contributed by atoms with Crippen LogP contribution in [-0.2, 0) is 5.75 Å². The van der Waals surface area contributed by atoms with Crippen LogP contribution in [-0.4, -0.2) is 16.1 Å². The molecule has 21 heavy (non-hydrogen) atoms. The van der Waals surface area contributed by atoms with Gasteiger partial charge in [-0.05, 0) is 31.2 Å². The molecule has 5 heteroatoms. The molecule has 0 N–H and O–H groups in total. The summed E-state index contributed by atoms with van der Waals surface area (Å²) < 4.78 is 7.15. The van der Waals surface area contributed by atoms with Gasteiger partial charge in [-0.1, -0.05) is 30.0 Å². The van der Waals surface area contributed by atoms with E-state index in [1.54, 1.807) is 18.0 Å². The number of carbonyl (C=O) groups excluding carboxylic acids is 1. The lowest BCUT2D eigenvalue weighted by Crippen LogP contribution is -1.98. The van der Waals surface area contributed by atoms with E-state index in [2.05, 4.69) is 5.10 Å². The van der Waals surface area contributed by atoms with Crippen LogP contribution in [0.25, 0.3) is 5.69 Å². The summed E-state index contributed by atoms with van der Waals surface area (Å²) >= 11 is 1.55. The molecule has 0 aliphatic heterocycles. The van der Waals surface area contributed by atoms with Crippen LogP contribution in [0.4, 0.5) is 0 Å². The Bertz CT molecular complexity index is 733. The van der Waals surface area contributed by atoms with Gasteiger partial charge in [0.2, 0.25) is 0 Å². The van der Waals surface area contributed by atoms with E-state index in [0.717, 1.165) is 28.5 Å². The molecule has 0 aliphatic rings. The molecule has 0 spiro atoms. The number of furan rings is 1. The minimum atomic E-state index is 0.635. The topological polar surface area (TPSA) is 48.0 Å². The lowest BCUT2D eigenvalue weighted by molar-refractivity contribution is 0.112. The predicted molar refractivity (Wildman–Crippen MR) is 82.0 cm³/mol. The Morgan fingerprint density at radius 1 is 1.24 bits per heavy atom. The van der Waals surface area contributed by atoms with Gasteiger partial charge in [-0.3, -0.25) is 4.79 Å². The molecule has 1 aromatic carbocycles. The van der Waals surface area contributed by atoms with Gasteiger partial charge in [0.25, 0.3) is 0 Å². The number of hydrogen-bond donors (Lipinski definition) is 0. The lowest BCUT2D eigenvalue weighted by atomic mass is 10.3. The third-order valence-corrected chi connectivity index (χ3v) is 4.21. The van der Waals surface area contributed by atoms with E-state index in [0.29, 0.717) is 11.3 Å². The second kappa shape index (κ2) is 6.01. The van der Waals surface area contributed by atoms with Gasteiger partial charge in [-0.2, -0.15) is 5.10 Å². The number of rotatable bonds is 5. The monoisotopic (exact) mass is 298 g/mol. The fourth-order valence-corrected chi connectivity index (χ4v) is 3.13. The molecular formula is C16H14N2O2S. The first-order chi connectivity index (χ1) is 10.3. The zero-order valence-electron chi connectivity index (χ0n) is 11.5. The van der Waals surface area contributed by atoms with Crippen LogP contribution in [0.15, 0.2) is 58.2 Å². The molecule has 106 valence electrons. The summed E-state index contributed by atoms with van der Waals surface area (Å²) in [5, 5.41) is 5.32. The number of aromatic nitrogens is 2. The standard InChI is InChI=1S/C16H14N2O2S/c1-12-15(10-19)16(21-11-14-8-5-9-20-14)18(17-12)13-6-3-2-4-7-13/h2-10H,11H2,1H3. The Balaban J connectivity index is 1.98. The van der Waals surface area contributed by atoms with Gasteiger partial charge in [0.1, 0.15) is 10.8 Å². The van der Waals surface area contributed by atoms with E-state index in [4.69, 9.17) is 4.42 Å². The molecule has 0 aliphatic carbocycles. The Morgan fingerprint density at radius 3 is 2.71 bits per heavy atom. The van der Waals surface area contributed by atoms with Gasteiger partial charge in [-0.25, -0.2) is 4.68 Å². The maximum Gasteiger partial charge on any atom is 0.154 e. The first-order valence-electron chi connectivity index (χ1n) is 6.55. The van der Waals surface area contributed by atoms with E-state index < -0.39 is 0 Å². The summed E-state index contributed by atoms with van der Waals surface area (Å²) in [5.41, 5.74) is 2.31. The van der Waals surface area contributed by atoms with Crippen LogP contribution in [0.1, 0.15) is 21.8 Å². The molecule has 0 saturated carbocycles. The van der Waals surface area contributed by atoms with Crippen molar-refractivity contribution in [1.82, 2.24) is 9.78 Å². The van der Waals surface area contributed by atoms with Crippen molar-refractivity contribution in [3.05, 3.63) is 65.7 Å². The van der Waals surface area contributed by atoms with Gasteiger partial charge < -0.3 is 4.42 Å². The summed E-state index contributed by atoms with van der Waals surface area (Å²) in [5.74, 6) is 1.53. The minimum absolute atomic E-state index is 0.635. The van der Waals surface area contributed by atoms with Gasteiger partial charge in [0.15, 0.2) is 6.29 Å². The van der Waals surface area contributed by atoms with Crippen molar-refractivity contribution in [3.63, 3.8) is 0 Å². The molecule has 0 saturated heterocycles. The number of thioether (sulfide) groups is 1. The van der Waals surface area contributed by atoms with Crippen LogP contribution in [0.3, 0.4) is 0 Å². The molecule has 0 fully saturated rings. The third kappa shape index (κ3) is 2.78. The Labute approximate surface area is 126 Å². The second-order valence-electron chi connectivity index (χ2n) is 4.54. The molecular weight excluding hydrogens is 284 g/mol.